The molecule has 106 valence electrons. The molecule has 0 radical (unpaired) electrons. The van der Waals surface area contributed by atoms with Gasteiger partial charge in [-0.3, -0.25) is 4.79 Å². The second-order valence-corrected chi connectivity index (χ2v) is 5.65. The van der Waals surface area contributed by atoms with Crippen molar-refractivity contribution < 1.29 is 9.90 Å². The van der Waals surface area contributed by atoms with Crippen LogP contribution in [0.15, 0.2) is 23.4 Å². The summed E-state index contributed by atoms with van der Waals surface area (Å²) in [4.78, 5) is 15.0. The minimum atomic E-state index is -0.853. The smallest absolute Gasteiger partial charge is 0.313 e. The van der Waals surface area contributed by atoms with Gasteiger partial charge in [0, 0.05) is 13.5 Å². The quantitative estimate of drug-likeness (QED) is 0.855. The molecule has 0 unspecified atom stereocenters. The lowest BCUT2D eigenvalue weighted by Gasteiger charge is -2.02. The first-order valence-corrected chi connectivity index (χ1v) is 7.25. The molecular formula is C14H17N3O2S. The highest BCUT2D eigenvalue weighted by atomic mass is 32.2. The number of aryl methyl sites for hydroxylation is 3. The summed E-state index contributed by atoms with van der Waals surface area (Å²) in [5.41, 5.74) is 3.67. The van der Waals surface area contributed by atoms with E-state index >= 15 is 0 Å². The van der Waals surface area contributed by atoms with E-state index in [0.717, 1.165) is 5.56 Å². The van der Waals surface area contributed by atoms with Crippen LogP contribution in [0.2, 0.25) is 0 Å². The zero-order valence-electron chi connectivity index (χ0n) is 11.8. The Kier molecular flexibility index (Phi) is 4.44. The van der Waals surface area contributed by atoms with Crippen molar-refractivity contribution >= 4 is 17.7 Å². The molecule has 0 atom stereocenters. The molecule has 0 aliphatic carbocycles. The molecule has 1 heterocycles. The molecule has 0 fully saturated rings. The number of thioether (sulfide) groups is 1. The van der Waals surface area contributed by atoms with Crippen LogP contribution < -0.4 is 0 Å². The summed E-state index contributed by atoms with van der Waals surface area (Å²) in [6.07, 6.45) is 0.655. The number of rotatable bonds is 5. The van der Waals surface area contributed by atoms with E-state index in [4.69, 9.17) is 5.11 Å². The maximum absolute atomic E-state index is 10.6. The van der Waals surface area contributed by atoms with Crippen molar-refractivity contribution in [3.8, 4) is 0 Å². The van der Waals surface area contributed by atoms with E-state index in [1.54, 1.807) is 11.7 Å². The van der Waals surface area contributed by atoms with E-state index in [-0.39, 0.29) is 5.75 Å². The predicted octanol–water partition coefficient (Wildman–Crippen LogP) is 2.20. The lowest BCUT2D eigenvalue weighted by Crippen LogP contribution is -2.00. The first-order chi connectivity index (χ1) is 9.45. The fraction of sp³-hybridized carbons (Fsp3) is 0.357. The highest BCUT2D eigenvalue weighted by Crippen LogP contribution is 2.17. The molecule has 5 nitrogen and oxygen atoms in total. The summed E-state index contributed by atoms with van der Waals surface area (Å²) in [6.45, 7) is 4.16. The molecule has 0 aliphatic rings. The van der Waals surface area contributed by atoms with Gasteiger partial charge in [0.1, 0.15) is 0 Å². The third-order valence-corrected chi connectivity index (χ3v) is 4.03. The molecule has 0 amide bonds. The van der Waals surface area contributed by atoms with E-state index in [9.17, 15) is 4.79 Å². The molecule has 1 aromatic heterocycles. The number of nitrogens with zero attached hydrogens (tertiary/aromatic N) is 3. The normalized spacial score (nSPS) is 10.8. The lowest BCUT2D eigenvalue weighted by atomic mass is 10.0. The molecule has 1 aromatic carbocycles. The van der Waals surface area contributed by atoms with Crippen molar-refractivity contribution in [2.75, 3.05) is 5.75 Å². The van der Waals surface area contributed by atoms with Crippen LogP contribution in [0.5, 0.6) is 0 Å². The monoisotopic (exact) mass is 291 g/mol. The second kappa shape index (κ2) is 6.09. The fourth-order valence-corrected chi connectivity index (χ4v) is 2.49. The third-order valence-electron chi connectivity index (χ3n) is 3.03. The summed E-state index contributed by atoms with van der Waals surface area (Å²) >= 11 is 1.18. The number of benzene rings is 1. The number of carboxylic acid groups (broad SMARTS) is 1. The van der Waals surface area contributed by atoms with Gasteiger partial charge in [-0.05, 0) is 30.5 Å². The highest BCUT2D eigenvalue weighted by molar-refractivity contribution is 7.99. The Hall–Kier alpha value is -1.82. The Morgan fingerprint density at radius 3 is 2.75 bits per heavy atom. The number of aromatic nitrogens is 3. The van der Waals surface area contributed by atoms with Crippen LogP contribution in [0.4, 0.5) is 0 Å². The fourth-order valence-electron chi connectivity index (χ4n) is 1.84. The third kappa shape index (κ3) is 3.60. The van der Waals surface area contributed by atoms with Gasteiger partial charge in [0.05, 0.1) is 5.75 Å². The van der Waals surface area contributed by atoms with Gasteiger partial charge in [-0.2, -0.15) is 5.10 Å². The van der Waals surface area contributed by atoms with Crippen molar-refractivity contribution in [1.29, 1.82) is 0 Å². The summed E-state index contributed by atoms with van der Waals surface area (Å²) < 4.78 is 1.63. The van der Waals surface area contributed by atoms with Gasteiger partial charge >= 0.3 is 5.97 Å². The molecule has 0 aliphatic heterocycles. The summed E-state index contributed by atoms with van der Waals surface area (Å²) in [7, 11) is 1.78. The van der Waals surface area contributed by atoms with Crippen molar-refractivity contribution in [1.82, 2.24) is 14.8 Å². The molecule has 1 N–H and O–H groups in total. The summed E-state index contributed by atoms with van der Waals surface area (Å²) in [6, 6.07) is 6.30. The average Bonchev–Trinajstić information content (AvgIpc) is 2.72. The molecule has 0 spiro atoms. The standard InChI is InChI=1S/C14H17N3O2S/c1-9-4-5-11(6-10(9)2)7-12-15-14(17(3)16-12)20-8-13(18)19/h4-6H,7-8H2,1-3H3,(H,18,19). The van der Waals surface area contributed by atoms with E-state index in [2.05, 4.69) is 42.1 Å². The number of aliphatic carboxylic acids is 1. The van der Waals surface area contributed by atoms with Gasteiger partial charge in [-0.25, -0.2) is 9.67 Å². The van der Waals surface area contributed by atoms with Crippen LogP contribution in [-0.2, 0) is 18.3 Å². The van der Waals surface area contributed by atoms with Crippen LogP contribution in [0.25, 0.3) is 0 Å². The van der Waals surface area contributed by atoms with Crippen LogP contribution >= 0.6 is 11.8 Å². The van der Waals surface area contributed by atoms with Gasteiger partial charge in [0.15, 0.2) is 11.0 Å². The van der Waals surface area contributed by atoms with Crippen molar-refractivity contribution in [3.63, 3.8) is 0 Å². The Bertz CT molecular complexity index is 637. The highest BCUT2D eigenvalue weighted by Gasteiger charge is 2.10. The SMILES string of the molecule is Cc1ccc(Cc2nc(SCC(=O)O)n(C)n2)cc1C. The van der Waals surface area contributed by atoms with Crippen LogP contribution in [0, 0.1) is 13.8 Å². The molecule has 0 bridgehead atoms. The Morgan fingerprint density at radius 1 is 1.35 bits per heavy atom. The molecule has 6 heteroatoms. The molecule has 2 aromatic rings. The van der Waals surface area contributed by atoms with Crippen molar-refractivity contribution in [3.05, 3.63) is 40.7 Å². The van der Waals surface area contributed by atoms with Gasteiger partial charge in [-0.15, -0.1) is 0 Å². The Morgan fingerprint density at radius 2 is 2.10 bits per heavy atom. The Labute approximate surface area is 122 Å². The maximum atomic E-state index is 10.6. The zero-order chi connectivity index (χ0) is 14.7. The van der Waals surface area contributed by atoms with E-state index in [1.807, 2.05) is 0 Å². The van der Waals surface area contributed by atoms with Gasteiger partial charge in [0.25, 0.3) is 0 Å². The number of carbonyl (C=O) groups is 1. The van der Waals surface area contributed by atoms with Crippen LogP contribution in [0.3, 0.4) is 0 Å². The first-order valence-electron chi connectivity index (χ1n) is 6.26. The largest absolute Gasteiger partial charge is 0.481 e. The first kappa shape index (κ1) is 14.6. The molecule has 0 saturated heterocycles. The van der Waals surface area contributed by atoms with E-state index in [0.29, 0.717) is 17.4 Å². The molecule has 20 heavy (non-hydrogen) atoms. The van der Waals surface area contributed by atoms with Crippen LogP contribution in [-0.4, -0.2) is 31.6 Å². The summed E-state index contributed by atoms with van der Waals surface area (Å²) in [5, 5.41) is 13.6. The topological polar surface area (TPSA) is 68.0 Å². The summed E-state index contributed by atoms with van der Waals surface area (Å²) in [5.74, 6) is -0.146. The number of hydrogen-bond donors (Lipinski definition) is 1. The van der Waals surface area contributed by atoms with Gasteiger partial charge in [0.2, 0.25) is 0 Å². The predicted molar refractivity (Wildman–Crippen MR) is 78.1 cm³/mol. The van der Waals surface area contributed by atoms with E-state index in [1.165, 1.54) is 22.9 Å². The van der Waals surface area contributed by atoms with Crippen molar-refractivity contribution in [2.45, 2.75) is 25.4 Å². The average molecular weight is 291 g/mol. The van der Waals surface area contributed by atoms with E-state index < -0.39 is 5.97 Å². The van der Waals surface area contributed by atoms with Gasteiger partial charge in [-0.1, -0.05) is 30.0 Å². The number of carboxylic acids is 1. The Balaban J connectivity index is 2.11. The number of hydrogen-bond acceptors (Lipinski definition) is 4. The van der Waals surface area contributed by atoms with Gasteiger partial charge < -0.3 is 5.11 Å². The molecule has 2 rings (SSSR count). The molecular weight excluding hydrogens is 274 g/mol. The lowest BCUT2D eigenvalue weighted by molar-refractivity contribution is -0.133. The van der Waals surface area contributed by atoms with Crippen molar-refractivity contribution in [2.24, 2.45) is 7.05 Å². The van der Waals surface area contributed by atoms with Crippen LogP contribution in [0.1, 0.15) is 22.5 Å². The minimum absolute atomic E-state index is 0.00435. The zero-order valence-corrected chi connectivity index (χ0v) is 12.6. The second-order valence-electron chi connectivity index (χ2n) is 4.71. The minimum Gasteiger partial charge on any atom is -0.481 e. The maximum Gasteiger partial charge on any atom is 0.313 e. The molecule has 0 saturated carbocycles.